The maximum Gasteiger partial charge on any atom is 0.300 e. The summed E-state index contributed by atoms with van der Waals surface area (Å²) in [5.74, 6) is 0.745. The third-order valence-corrected chi connectivity index (χ3v) is 8.42. The van der Waals surface area contributed by atoms with Crippen molar-refractivity contribution in [2.45, 2.75) is 57.3 Å². The summed E-state index contributed by atoms with van der Waals surface area (Å²) in [5.41, 5.74) is 2.79. The number of carbonyl (C=O) groups is 2. The number of phenolic OH excluding ortho intramolecular Hbond substituents is 1. The van der Waals surface area contributed by atoms with Crippen molar-refractivity contribution >= 4 is 11.9 Å². The van der Waals surface area contributed by atoms with Gasteiger partial charge in [0.1, 0.15) is 6.10 Å². The Morgan fingerprint density at radius 2 is 1.95 bits per heavy atom. The minimum Gasteiger partial charge on any atom is -0.504 e. The van der Waals surface area contributed by atoms with E-state index >= 15 is 0 Å². The number of pyridine rings is 1. The van der Waals surface area contributed by atoms with Gasteiger partial charge < -0.3 is 29.5 Å². The number of likely N-dealkylation sites (tertiary alicyclic amines) is 1. The Kier molecular flexibility index (Phi) is 6.81. The molecule has 9 heteroatoms. The second-order valence-corrected chi connectivity index (χ2v) is 10.4. The summed E-state index contributed by atoms with van der Waals surface area (Å²) in [6.07, 6.45) is 7.32. The molecule has 2 N–H and O–H groups in total. The number of phenols is 1. The molecule has 1 saturated heterocycles. The van der Waals surface area contributed by atoms with Crippen LogP contribution in [0.4, 0.5) is 0 Å². The van der Waals surface area contributed by atoms with Crippen LogP contribution in [0.25, 0.3) is 0 Å². The molecule has 2 aliphatic heterocycles. The van der Waals surface area contributed by atoms with Crippen molar-refractivity contribution in [3.63, 3.8) is 0 Å². The fourth-order valence-corrected chi connectivity index (χ4v) is 6.73. The Morgan fingerprint density at radius 3 is 2.61 bits per heavy atom. The summed E-state index contributed by atoms with van der Waals surface area (Å²) in [4.78, 5) is 30.3. The first-order chi connectivity index (χ1) is 18.2. The molecule has 5 atom stereocenters. The van der Waals surface area contributed by atoms with Crippen LogP contribution in [0.3, 0.4) is 0 Å². The predicted octanol–water partition coefficient (Wildman–Crippen LogP) is 3.25. The van der Waals surface area contributed by atoms with E-state index in [0.29, 0.717) is 42.2 Å². The minimum atomic E-state index is -0.833. The lowest BCUT2D eigenvalue weighted by Crippen LogP contribution is -2.65. The third-order valence-electron chi connectivity index (χ3n) is 8.42. The molecule has 1 spiro atoms. The van der Waals surface area contributed by atoms with Gasteiger partial charge in [-0.2, -0.15) is 0 Å². The fraction of sp³-hybridized carbons (Fsp3) is 0.483. The highest BCUT2D eigenvalue weighted by Gasteiger charge is 2.64. The molecule has 0 saturated carbocycles. The second-order valence-electron chi connectivity index (χ2n) is 10.4. The molecule has 1 amide bonds. The number of aliphatic carboxylic acids is 1. The average Bonchev–Trinajstić information content (AvgIpc) is 3.25. The molecule has 2 bridgehead atoms. The number of carboxylic acid groups (broad SMARTS) is 1. The zero-order chi connectivity index (χ0) is 27.2. The Labute approximate surface area is 222 Å². The Balaban J connectivity index is 0.000000689. The van der Waals surface area contributed by atoms with Crippen LogP contribution >= 0.6 is 0 Å². The highest BCUT2D eigenvalue weighted by Crippen LogP contribution is 2.62. The number of benzene rings is 1. The molecule has 0 unspecified atom stereocenters. The molecule has 9 nitrogen and oxygen atoms in total. The minimum absolute atomic E-state index is 0.0273. The molecule has 0 radical (unpaired) electrons. The lowest BCUT2D eigenvalue weighted by atomic mass is 9.53. The number of aromatic nitrogens is 1. The van der Waals surface area contributed by atoms with Gasteiger partial charge >= 0.3 is 0 Å². The van der Waals surface area contributed by atoms with Crippen LogP contribution in [-0.4, -0.2) is 81.8 Å². The van der Waals surface area contributed by atoms with Crippen molar-refractivity contribution in [3.8, 4) is 17.4 Å². The van der Waals surface area contributed by atoms with Gasteiger partial charge in [-0.05, 0) is 64.1 Å². The smallest absolute Gasteiger partial charge is 0.300 e. The van der Waals surface area contributed by atoms with Gasteiger partial charge in [-0.1, -0.05) is 12.1 Å². The van der Waals surface area contributed by atoms with E-state index in [1.54, 1.807) is 29.3 Å². The van der Waals surface area contributed by atoms with Crippen molar-refractivity contribution in [2.75, 3.05) is 26.7 Å². The van der Waals surface area contributed by atoms with E-state index in [9.17, 15) is 9.90 Å². The van der Waals surface area contributed by atoms with Crippen LogP contribution in [-0.2, 0) is 16.6 Å². The number of ether oxygens (including phenoxy) is 2. The van der Waals surface area contributed by atoms with Crippen molar-refractivity contribution in [1.82, 2.24) is 14.8 Å². The second kappa shape index (κ2) is 9.94. The van der Waals surface area contributed by atoms with E-state index in [4.69, 9.17) is 19.4 Å². The number of carbonyl (C=O) groups excluding carboxylic acids is 1. The number of nitrogens with zero attached hydrogens (tertiary/aromatic N) is 3. The molecule has 2 aromatic rings. The lowest BCUT2D eigenvalue weighted by molar-refractivity contribution is -0.134. The summed E-state index contributed by atoms with van der Waals surface area (Å²) >= 11 is 0. The summed E-state index contributed by atoms with van der Waals surface area (Å²) in [7, 11) is 2.20. The Morgan fingerprint density at radius 1 is 1.21 bits per heavy atom. The van der Waals surface area contributed by atoms with Gasteiger partial charge in [0.2, 0.25) is 5.88 Å². The molecule has 3 heterocycles. The largest absolute Gasteiger partial charge is 0.504 e. The molecular weight excluding hydrogens is 486 g/mol. The van der Waals surface area contributed by atoms with Gasteiger partial charge in [0, 0.05) is 55.2 Å². The number of hydrogen-bond donors (Lipinski definition) is 2. The molecule has 6 rings (SSSR count). The Hall–Kier alpha value is -3.59. The van der Waals surface area contributed by atoms with Gasteiger partial charge in [0.05, 0.1) is 5.56 Å². The number of piperidine rings is 1. The van der Waals surface area contributed by atoms with Gasteiger partial charge in [0.25, 0.3) is 11.9 Å². The standard InChI is InChI=1S/C27H31N3O4.C2H4O2/c1-4-30(5-2)26(32)17-7-11-22(28-15-17)33-21-10-8-18-19-14-16-6-9-20(31)24-23(16)27(18,25(21)34-24)12-13-29(19)3;1-2(3)4/h6-11,15,18-19,21,25,31H,4-5,12-14H2,1-3H3;1H3,(H,3,4)/t18-,19+,21-,25-,27-;/m0./s1. The molecule has 4 aliphatic rings. The Bertz CT molecular complexity index is 1250. The summed E-state index contributed by atoms with van der Waals surface area (Å²) in [5, 5.41) is 18.1. The summed E-state index contributed by atoms with van der Waals surface area (Å²) < 4.78 is 12.9. The fourth-order valence-electron chi connectivity index (χ4n) is 6.73. The number of hydrogen-bond acceptors (Lipinski definition) is 7. The predicted molar refractivity (Wildman–Crippen MR) is 141 cm³/mol. The third kappa shape index (κ3) is 4.09. The molecular formula is C29H35N3O6. The van der Waals surface area contributed by atoms with Crippen molar-refractivity contribution < 1.29 is 29.3 Å². The van der Waals surface area contributed by atoms with E-state index < -0.39 is 5.97 Å². The van der Waals surface area contributed by atoms with Gasteiger partial charge in [0.15, 0.2) is 17.6 Å². The maximum atomic E-state index is 12.6. The van der Waals surface area contributed by atoms with Crippen LogP contribution in [0.1, 0.15) is 48.7 Å². The maximum absolute atomic E-state index is 12.6. The number of aromatic hydroxyl groups is 1. The summed E-state index contributed by atoms with van der Waals surface area (Å²) in [6.45, 7) is 7.32. The van der Waals surface area contributed by atoms with Crippen LogP contribution < -0.4 is 9.47 Å². The van der Waals surface area contributed by atoms with Crippen LogP contribution in [0.2, 0.25) is 0 Å². The van der Waals surface area contributed by atoms with E-state index in [0.717, 1.165) is 26.3 Å². The van der Waals surface area contributed by atoms with Gasteiger partial charge in [-0.15, -0.1) is 0 Å². The van der Waals surface area contributed by atoms with E-state index in [2.05, 4.69) is 35.1 Å². The number of rotatable bonds is 5. The number of amides is 1. The van der Waals surface area contributed by atoms with Crippen LogP contribution in [0, 0.1) is 5.92 Å². The quantitative estimate of drug-likeness (QED) is 0.577. The van der Waals surface area contributed by atoms with Crippen LogP contribution in [0.15, 0.2) is 42.6 Å². The lowest BCUT2D eigenvalue weighted by Gasteiger charge is -2.56. The monoisotopic (exact) mass is 521 g/mol. The van der Waals surface area contributed by atoms with E-state index in [1.165, 1.54) is 11.1 Å². The number of likely N-dealkylation sites (N-methyl/N-ethyl adjacent to an activating group) is 1. The van der Waals surface area contributed by atoms with Crippen molar-refractivity contribution in [2.24, 2.45) is 5.92 Å². The van der Waals surface area contributed by atoms with Crippen molar-refractivity contribution in [3.05, 3.63) is 59.3 Å². The van der Waals surface area contributed by atoms with Crippen LogP contribution in [0.5, 0.6) is 17.4 Å². The molecule has 1 fully saturated rings. The zero-order valence-corrected chi connectivity index (χ0v) is 22.3. The molecule has 38 heavy (non-hydrogen) atoms. The highest BCUT2D eigenvalue weighted by molar-refractivity contribution is 5.93. The molecule has 202 valence electrons. The number of carboxylic acids is 1. The average molecular weight is 522 g/mol. The first kappa shape index (κ1) is 26.0. The van der Waals surface area contributed by atoms with E-state index in [-0.39, 0.29) is 29.3 Å². The van der Waals surface area contributed by atoms with E-state index in [1.807, 2.05) is 13.8 Å². The SMILES string of the molecule is CC(=O)O.CCN(CC)C(=O)c1ccc(O[C@H]2C=C[C@H]3[C@H]4Cc5ccc(O)c6c5[C@@]3(CCN4C)[C@H]2O6)nc1. The zero-order valence-electron chi connectivity index (χ0n) is 22.3. The molecule has 1 aromatic heterocycles. The topological polar surface area (TPSA) is 112 Å². The summed E-state index contributed by atoms with van der Waals surface area (Å²) in [6, 6.07) is 7.76. The van der Waals surface area contributed by atoms with Gasteiger partial charge in [-0.25, -0.2) is 4.98 Å². The van der Waals surface area contributed by atoms with Crippen molar-refractivity contribution in [1.29, 1.82) is 0 Å². The first-order valence-electron chi connectivity index (χ1n) is 13.2. The first-order valence-corrected chi connectivity index (χ1v) is 13.2. The molecule has 2 aliphatic carbocycles. The van der Waals surface area contributed by atoms with Gasteiger partial charge in [-0.3, -0.25) is 9.59 Å². The molecule has 1 aromatic carbocycles. The highest BCUT2D eigenvalue weighted by atomic mass is 16.6. The normalized spacial score (nSPS) is 27.9.